The van der Waals surface area contributed by atoms with Gasteiger partial charge in [0.15, 0.2) is 17.5 Å². The molecule has 0 aliphatic carbocycles. The van der Waals surface area contributed by atoms with Gasteiger partial charge in [0.05, 0.1) is 26.5 Å². The van der Waals surface area contributed by atoms with Gasteiger partial charge >= 0.3 is 0 Å². The van der Waals surface area contributed by atoms with Crippen molar-refractivity contribution in [1.82, 2.24) is 5.32 Å². The van der Waals surface area contributed by atoms with Crippen molar-refractivity contribution in [2.24, 2.45) is 10.9 Å². The maximum atomic E-state index is 5.66. The molecule has 0 bridgehead atoms. The molecule has 0 aromatic heterocycles. The Morgan fingerprint density at radius 1 is 1.10 bits per heavy atom. The Hall–Kier alpha value is -2.36. The third kappa shape index (κ3) is 6.56. The third-order valence-corrected chi connectivity index (χ3v) is 5.22. The van der Waals surface area contributed by atoms with Crippen molar-refractivity contribution >= 4 is 41.3 Å². The molecule has 8 heteroatoms. The van der Waals surface area contributed by atoms with E-state index in [1.807, 2.05) is 37.3 Å². The predicted octanol–water partition coefficient (Wildman–Crippen LogP) is 4.23. The van der Waals surface area contributed by atoms with Gasteiger partial charge in [-0.05, 0) is 43.5 Å². The summed E-state index contributed by atoms with van der Waals surface area (Å²) in [6.07, 6.45) is 1.12. The lowest BCUT2D eigenvalue weighted by Crippen LogP contribution is -2.35. The number of nitrogens with zero attached hydrogens (tertiary/aromatic N) is 2. The van der Waals surface area contributed by atoms with E-state index in [9.17, 15) is 0 Å². The SMILES string of the molecule is CCOc1cc(NC(=NC)NCC2CCN(c3ccccc3OC)C2)ccc1OC.I. The summed E-state index contributed by atoms with van der Waals surface area (Å²) in [7, 11) is 5.14. The van der Waals surface area contributed by atoms with Crippen LogP contribution >= 0.6 is 24.0 Å². The van der Waals surface area contributed by atoms with E-state index in [0.29, 0.717) is 24.0 Å². The summed E-state index contributed by atoms with van der Waals surface area (Å²) in [5.41, 5.74) is 2.06. The lowest BCUT2D eigenvalue weighted by molar-refractivity contribution is 0.311. The zero-order valence-corrected chi connectivity index (χ0v) is 21.0. The molecular weight excluding hydrogens is 507 g/mol. The monoisotopic (exact) mass is 540 g/mol. The van der Waals surface area contributed by atoms with Crippen LogP contribution in [0.3, 0.4) is 0 Å². The van der Waals surface area contributed by atoms with Crippen LogP contribution in [-0.4, -0.2) is 53.5 Å². The number of hydrogen-bond acceptors (Lipinski definition) is 5. The Labute approximate surface area is 202 Å². The fourth-order valence-electron chi connectivity index (χ4n) is 3.69. The van der Waals surface area contributed by atoms with E-state index in [4.69, 9.17) is 14.2 Å². The molecule has 0 radical (unpaired) electrons. The number of ether oxygens (including phenoxy) is 3. The summed E-state index contributed by atoms with van der Waals surface area (Å²) in [5, 5.41) is 6.78. The number of hydrogen-bond donors (Lipinski definition) is 2. The highest BCUT2D eigenvalue weighted by Gasteiger charge is 2.24. The van der Waals surface area contributed by atoms with Gasteiger partial charge in [-0.25, -0.2) is 0 Å². The Morgan fingerprint density at radius 3 is 2.58 bits per heavy atom. The average Bonchev–Trinajstić information content (AvgIpc) is 3.26. The summed E-state index contributed by atoms with van der Waals surface area (Å²) < 4.78 is 16.5. The third-order valence-electron chi connectivity index (χ3n) is 5.22. The number of halogens is 1. The normalized spacial score (nSPS) is 15.8. The van der Waals surface area contributed by atoms with Crippen molar-refractivity contribution in [2.45, 2.75) is 13.3 Å². The second kappa shape index (κ2) is 12.5. The first kappa shape index (κ1) is 24.9. The van der Waals surface area contributed by atoms with Gasteiger partial charge in [0.1, 0.15) is 5.75 Å². The number of rotatable bonds is 8. The molecule has 1 heterocycles. The molecule has 0 saturated carbocycles. The number of nitrogens with one attached hydrogen (secondary N) is 2. The minimum absolute atomic E-state index is 0. The van der Waals surface area contributed by atoms with Crippen LogP contribution in [0.2, 0.25) is 0 Å². The quantitative estimate of drug-likeness (QED) is 0.297. The number of benzene rings is 2. The molecule has 1 saturated heterocycles. The van der Waals surface area contributed by atoms with E-state index < -0.39 is 0 Å². The second-order valence-corrected chi connectivity index (χ2v) is 7.15. The maximum absolute atomic E-state index is 5.66. The molecule has 1 fully saturated rings. The second-order valence-electron chi connectivity index (χ2n) is 7.15. The van der Waals surface area contributed by atoms with Crippen molar-refractivity contribution in [3.63, 3.8) is 0 Å². The highest BCUT2D eigenvalue weighted by Crippen LogP contribution is 2.32. The molecule has 2 aromatic carbocycles. The molecule has 7 nitrogen and oxygen atoms in total. The Kier molecular flexibility index (Phi) is 10.0. The molecule has 1 unspecified atom stereocenters. The van der Waals surface area contributed by atoms with E-state index in [2.05, 4.69) is 32.7 Å². The van der Waals surface area contributed by atoms with Gasteiger partial charge in [-0.2, -0.15) is 0 Å². The first-order valence-corrected chi connectivity index (χ1v) is 10.3. The van der Waals surface area contributed by atoms with Gasteiger partial charge in [-0.3, -0.25) is 4.99 Å². The lowest BCUT2D eigenvalue weighted by Gasteiger charge is -2.21. The van der Waals surface area contributed by atoms with Crippen LogP contribution in [0.15, 0.2) is 47.5 Å². The minimum atomic E-state index is 0. The number of guanidine groups is 1. The van der Waals surface area contributed by atoms with Crippen molar-refractivity contribution in [3.8, 4) is 17.2 Å². The Morgan fingerprint density at radius 2 is 1.87 bits per heavy atom. The molecule has 1 atom stereocenters. The highest BCUT2D eigenvalue weighted by molar-refractivity contribution is 14.0. The van der Waals surface area contributed by atoms with Crippen LogP contribution in [0.25, 0.3) is 0 Å². The summed E-state index contributed by atoms with van der Waals surface area (Å²) in [6.45, 7) is 5.39. The molecule has 1 aliphatic heterocycles. The topological polar surface area (TPSA) is 67.4 Å². The van der Waals surface area contributed by atoms with Crippen LogP contribution < -0.4 is 29.7 Å². The van der Waals surface area contributed by atoms with E-state index in [0.717, 1.165) is 49.1 Å². The van der Waals surface area contributed by atoms with Crippen molar-refractivity contribution in [3.05, 3.63) is 42.5 Å². The Balaban J connectivity index is 0.00000341. The first-order valence-electron chi connectivity index (χ1n) is 10.3. The Bertz CT molecular complexity index is 862. The van der Waals surface area contributed by atoms with E-state index in [-0.39, 0.29) is 24.0 Å². The largest absolute Gasteiger partial charge is 0.495 e. The van der Waals surface area contributed by atoms with Crippen LogP contribution in [-0.2, 0) is 0 Å². The zero-order valence-electron chi connectivity index (χ0n) is 18.7. The molecule has 170 valence electrons. The molecular formula is C23H33IN4O3. The predicted molar refractivity (Wildman–Crippen MR) is 138 cm³/mol. The molecule has 0 spiro atoms. The van der Waals surface area contributed by atoms with E-state index in [1.54, 1.807) is 21.3 Å². The van der Waals surface area contributed by atoms with Crippen LogP contribution in [0.5, 0.6) is 17.2 Å². The maximum Gasteiger partial charge on any atom is 0.195 e. The molecule has 3 rings (SSSR count). The van der Waals surface area contributed by atoms with Crippen LogP contribution in [0.1, 0.15) is 13.3 Å². The van der Waals surface area contributed by atoms with Gasteiger partial charge in [-0.1, -0.05) is 12.1 Å². The number of aliphatic imine (C=N–C) groups is 1. The van der Waals surface area contributed by atoms with E-state index >= 15 is 0 Å². The summed E-state index contributed by atoms with van der Waals surface area (Å²) in [4.78, 5) is 6.74. The highest BCUT2D eigenvalue weighted by atomic mass is 127. The van der Waals surface area contributed by atoms with Gasteiger partial charge in [0.2, 0.25) is 0 Å². The average molecular weight is 540 g/mol. The van der Waals surface area contributed by atoms with E-state index in [1.165, 1.54) is 0 Å². The van der Waals surface area contributed by atoms with Gasteiger partial charge in [0, 0.05) is 38.4 Å². The lowest BCUT2D eigenvalue weighted by atomic mass is 10.1. The number of methoxy groups -OCH3 is 2. The van der Waals surface area contributed by atoms with Crippen molar-refractivity contribution in [1.29, 1.82) is 0 Å². The van der Waals surface area contributed by atoms with Gasteiger partial charge in [-0.15, -0.1) is 24.0 Å². The number of para-hydroxylation sites is 2. The summed E-state index contributed by atoms with van der Waals surface area (Å²) in [6, 6.07) is 14.0. The summed E-state index contributed by atoms with van der Waals surface area (Å²) in [5.74, 6) is 3.62. The minimum Gasteiger partial charge on any atom is -0.495 e. The molecule has 2 aromatic rings. The number of anilines is 2. The fraction of sp³-hybridized carbons (Fsp3) is 0.435. The van der Waals surface area contributed by atoms with Gasteiger partial charge in [0.25, 0.3) is 0 Å². The first-order chi connectivity index (χ1) is 14.7. The summed E-state index contributed by atoms with van der Waals surface area (Å²) >= 11 is 0. The van der Waals surface area contributed by atoms with Gasteiger partial charge < -0.3 is 29.7 Å². The van der Waals surface area contributed by atoms with Crippen molar-refractivity contribution in [2.75, 3.05) is 57.7 Å². The van der Waals surface area contributed by atoms with Crippen LogP contribution in [0, 0.1) is 5.92 Å². The standard InChI is InChI=1S/C23H32N4O3.HI/c1-5-30-22-14-18(10-11-21(22)29-4)26-23(24-2)25-15-17-12-13-27(16-17)19-8-6-7-9-20(19)28-3;/h6-11,14,17H,5,12-13,15-16H2,1-4H3,(H2,24,25,26);1H. The smallest absolute Gasteiger partial charge is 0.195 e. The fourth-order valence-corrected chi connectivity index (χ4v) is 3.69. The molecule has 1 aliphatic rings. The van der Waals surface area contributed by atoms with Crippen molar-refractivity contribution < 1.29 is 14.2 Å². The van der Waals surface area contributed by atoms with Crippen LogP contribution in [0.4, 0.5) is 11.4 Å². The zero-order chi connectivity index (χ0) is 21.3. The molecule has 2 N–H and O–H groups in total. The molecule has 0 amide bonds. The molecule has 31 heavy (non-hydrogen) atoms.